The Morgan fingerprint density at radius 3 is 2.34 bits per heavy atom. The Kier molecular flexibility index (Phi) is 6.28. The highest BCUT2D eigenvalue weighted by Crippen LogP contribution is 2.36. The van der Waals surface area contributed by atoms with E-state index in [0.29, 0.717) is 16.9 Å². The predicted octanol–water partition coefficient (Wildman–Crippen LogP) is 4.70. The van der Waals surface area contributed by atoms with Gasteiger partial charge in [-0.2, -0.15) is 0 Å². The van der Waals surface area contributed by atoms with Gasteiger partial charge in [-0.15, -0.1) is 0 Å². The molecule has 0 unspecified atom stereocenters. The molecule has 0 saturated heterocycles. The third-order valence-corrected chi connectivity index (χ3v) is 6.96. The third-order valence-electron chi connectivity index (χ3n) is 5.14. The van der Waals surface area contributed by atoms with Crippen molar-refractivity contribution in [1.29, 1.82) is 0 Å². The molecule has 1 aromatic heterocycles. The second-order valence-electron chi connectivity index (χ2n) is 7.28. The maximum atomic E-state index is 13.0. The minimum absolute atomic E-state index is 0.0554. The zero-order valence-corrected chi connectivity index (χ0v) is 18.4. The number of sulfone groups is 1. The minimum Gasteiger partial charge on any atom is -0.497 e. The summed E-state index contributed by atoms with van der Waals surface area (Å²) < 4.78 is 36.0. The van der Waals surface area contributed by atoms with Gasteiger partial charge in [-0.1, -0.05) is 48.5 Å². The lowest BCUT2D eigenvalue weighted by atomic mass is 10.0. The van der Waals surface area contributed by atoms with Gasteiger partial charge in [-0.3, -0.25) is 4.79 Å². The first-order valence-corrected chi connectivity index (χ1v) is 11.9. The molecule has 3 aromatic carbocycles. The van der Waals surface area contributed by atoms with Crippen LogP contribution in [-0.2, 0) is 9.84 Å². The second-order valence-corrected chi connectivity index (χ2v) is 9.38. The van der Waals surface area contributed by atoms with Gasteiger partial charge in [0.15, 0.2) is 9.84 Å². The largest absolute Gasteiger partial charge is 0.497 e. The summed E-state index contributed by atoms with van der Waals surface area (Å²) in [6.07, 6.45) is 0.289. The normalized spacial score (nSPS) is 11.4. The highest BCUT2D eigenvalue weighted by molar-refractivity contribution is 7.91. The van der Waals surface area contributed by atoms with Crippen molar-refractivity contribution in [3.8, 4) is 16.9 Å². The molecule has 0 atom stereocenters. The number of methoxy groups -OCH3 is 1. The number of hydrogen-bond acceptors (Lipinski definition) is 5. The first-order chi connectivity index (χ1) is 15.5. The number of ether oxygens (including phenoxy) is 1. The molecule has 0 aliphatic heterocycles. The smallest absolute Gasteiger partial charge is 0.287 e. The second kappa shape index (κ2) is 9.28. The van der Waals surface area contributed by atoms with Gasteiger partial charge in [0.25, 0.3) is 5.91 Å². The van der Waals surface area contributed by atoms with Crippen LogP contribution in [0.3, 0.4) is 0 Å². The van der Waals surface area contributed by atoms with Crippen LogP contribution in [0.15, 0.2) is 88.2 Å². The summed E-state index contributed by atoms with van der Waals surface area (Å²) in [5.41, 5.74) is 2.09. The number of rotatable bonds is 8. The topological polar surface area (TPSA) is 85.6 Å². The fourth-order valence-corrected chi connectivity index (χ4v) is 4.88. The van der Waals surface area contributed by atoms with Gasteiger partial charge < -0.3 is 14.5 Å². The number of furan rings is 1. The average Bonchev–Trinajstić information content (AvgIpc) is 3.21. The zero-order valence-electron chi connectivity index (χ0n) is 17.6. The SMILES string of the molecule is COc1ccc2c(-c3ccccc3)c(C(=O)NCCCS(=O)(=O)c3ccccc3)oc2c1. The zero-order chi connectivity index (χ0) is 22.6. The van der Waals surface area contributed by atoms with Crippen LogP contribution in [0.1, 0.15) is 17.0 Å². The number of fused-ring (bicyclic) bond motifs is 1. The number of carbonyl (C=O) groups is 1. The van der Waals surface area contributed by atoms with Gasteiger partial charge in [0.1, 0.15) is 11.3 Å². The van der Waals surface area contributed by atoms with E-state index >= 15 is 0 Å². The molecule has 0 bridgehead atoms. The van der Waals surface area contributed by atoms with Crippen LogP contribution in [-0.4, -0.2) is 33.7 Å². The van der Waals surface area contributed by atoms with Crippen molar-refractivity contribution in [1.82, 2.24) is 5.32 Å². The van der Waals surface area contributed by atoms with Crippen LogP contribution in [0.25, 0.3) is 22.1 Å². The van der Waals surface area contributed by atoms with Crippen molar-refractivity contribution < 1.29 is 22.4 Å². The molecule has 1 N–H and O–H groups in total. The number of amides is 1. The summed E-state index contributed by atoms with van der Waals surface area (Å²) in [5.74, 6) is 0.366. The Balaban J connectivity index is 1.53. The Labute approximate surface area is 186 Å². The molecule has 0 aliphatic rings. The minimum atomic E-state index is -3.39. The van der Waals surface area contributed by atoms with Crippen LogP contribution >= 0.6 is 0 Å². The van der Waals surface area contributed by atoms with Gasteiger partial charge in [-0.05, 0) is 36.2 Å². The molecular formula is C25H23NO5S. The van der Waals surface area contributed by atoms with Gasteiger partial charge >= 0.3 is 0 Å². The number of hydrogen-bond donors (Lipinski definition) is 1. The summed E-state index contributed by atoms with van der Waals surface area (Å²) in [6.45, 7) is 0.208. The van der Waals surface area contributed by atoms with E-state index in [1.165, 1.54) is 0 Å². The Morgan fingerprint density at radius 2 is 1.66 bits per heavy atom. The molecule has 0 saturated carbocycles. The van der Waals surface area contributed by atoms with Crippen molar-refractivity contribution in [2.75, 3.05) is 19.4 Å². The highest BCUT2D eigenvalue weighted by Gasteiger charge is 2.22. The quantitative estimate of drug-likeness (QED) is 0.394. The van der Waals surface area contributed by atoms with Crippen molar-refractivity contribution >= 4 is 26.7 Å². The van der Waals surface area contributed by atoms with Crippen LogP contribution in [0.4, 0.5) is 0 Å². The molecule has 0 aliphatic carbocycles. The molecule has 1 amide bonds. The van der Waals surface area contributed by atoms with E-state index in [-0.39, 0.29) is 29.4 Å². The summed E-state index contributed by atoms with van der Waals surface area (Å²) in [6, 6.07) is 23.2. The molecule has 6 nitrogen and oxygen atoms in total. The van der Waals surface area contributed by atoms with Gasteiger partial charge in [0.05, 0.1) is 17.8 Å². The van der Waals surface area contributed by atoms with Crippen LogP contribution in [0.5, 0.6) is 5.75 Å². The van der Waals surface area contributed by atoms with E-state index in [4.69, 9.17) is 9.15 Å². The average molecular weight is 450 g/mol. The molecule has 32 heavy (non-hydrogen) atoms. The highest BCUT2D eigenvalue weighted by atomic mass is 32.2. The van der Waals surface area contributed by atoms with Crippen molar-refractivity contribution in [3.05, 3.63) is 84.6 Å². The number of benzene rings is 3. The maximum Gasteiger partial charge on any atom is 0.287 e. The van der Waals surface area contributed by atoms with E-state index < -0.39 is 15.7 Å². The van der Waals surface area contributed by atoms with E-state index in [2.05, 4.69) is 5.32 Å². The molecule has 0 spiro atoms. The summed E-state index contributed by atoms with van der Waals surface area (Å²) in [7, 11) is -1.82. The third kappa shape index (κ3) is 4.53. The monoisotopic (exact) mass is 449 g/mol. The molecular weight excluding hydrogens is 426 g/mol. The van der Waals surface area contributed by atoms with Crippen molar-refractivity contribution in [3.63, 3.8) is 0 Å². The molecule has 164 valence electrons. The van der Waals surface area contributed by atoms with E-state index in [9.17, 15) is 13.2 Å². The van der Waals surface area contributed by atoms with E-state index in [0.717, 1.165) is 10.9 Å². The van der Waals surface area contributed by atoms with Crippen LogP contribution in [0.2, 0.25) is 0 Å². The Hall–Kier alpha value is -3.58. The Bertz CT molecular complexity index is 1330. The first kappa shape index (κ1) is 21.6. The molecule has 0 radical (unpaired) electrons. The maximum absolute atomic E-state index is 13.0. The Morgan fingerprint density at radius 1 is 0.969 bits per heavy atom. The molecule has 0 fully saturated rings. The number of nitrogens with one attached hydrogen (secondary N) is 1. The van der Waals surface area contributed by atoms with Crippen molar-refractivity contribution in [2.24, 2.45) is 0 Å². The lowest BCUT2D eigenvalue weighted by Crippen LogP contribution is -2.26. The lowest BCUT2D eigenvalue weighted by molar-refractivity contribution is 0.0929. The van der Waals surface area contributed by atoms with E-state index in [1.54, 1.807) is 43.5 Å². The van der Waals surface area contributed by atoms with Crippen molar-refractivity contribution in [2.45, 2.75) is 11.3 Å². The van der Waals surface area contributed by atoms with Gasteiger partial charge in [-0.25, -0.2) is 8.42 Å². The molecule has 4 rings (SSSR count). The molecule has 1 heterocycles. The molecule has 4 aromatic rings. The van der Waals surface area contributed by atoms with Crippen LogP contribution in [0, 0.1) is 0 Å². The first-order valence-electron chi connectivity index (χ1n) is 10.2. The fraction of sp³-hybridized carbons (Fsp3) is 0.160. The molecule has 7 heteroatoms. The number of carbonyl (C=O) groups excluding carboxylic acids is 1. The summed E-state index contributed by atoms with van der Waals surface area (Å²) in [5, 5.41) is 3.59. The summed E-state index contributed by atoms with van der Waals surface area (Å²) >= 11 is 0. The van der Waals surface area contributed by atoms with E-state index in [1.807, 2.05) is 42.5 Å². The van der Waals surface area contributed by atoms with Crippen LogP contribution < -0.4 is 10.1 Å². The van der Waals surface area contributed by atoms with Gasteiger partial charge in [0.2, 0.25) is 5.76 Å². The fourth-order valence-electron chi connectivity index (χ4n) is 3.55. The summed E-state index contributed by atoms with van der Waals surface area (Å²) in [4.78, 5) is 13.3. The predicted molar refractivity (Wildman–Crippen MR) is 124 cm³/mol. The van der Waals surface area contributed by atoms with Gasteiger partial charge in [0, 0.05) is 23.6 Å². The lowest BCUT2D eigenvalue weighted by Gasteiger charge is -2.07. The standard InChI is InChI=1S/C25H23NO5S/c1-30-19-13-14-21-22(17-19)31-24(23(21)18-9-4-2-5-10-18)25(27)26-15-8-16-32(28,29)20-11-6-3-7-12-20/h2-7,9-14,17H,8,15-16H2,1H3,(H,26,27).